The van der Waals surface area contributed by atoms with Gasteiger partial charge < -0.3 is 50.9 Å². The summed E-state index contributed by atoms with van der Waals surface area (Å²) in [6.45, 7) is 0.0583. The maximum atomic E-state index is 16.0. The molecule has 3 aliphatic rings. The third-order valence-electron chi connectivity index (χ3n) is 14.6. The molecule has 6 rings (SSSR count). The van der Waals surface area contributed by atoms with E-state index in [4.69, 9.17) is 15.1 Å². The Bertz CT molecular complexity index is 2790. The fourth-order valence-electron chi connectivity index (χ4n) is 9.35. The molecule has 0 saturated carbocycles. The van der Waals surface area contributed by atoms with Crippen molar-refractivity contribution in [2.24, 2.45) is 10.8 Å². The number of aliphatic hydroxyl groups excluding tert-OH is 1. The van der Waals surface area contributed by atoms with Crippen LogP contribution in [0.3, 0.4) is 0 Å². The lowest BCUT2D eigenvalue weighted by atomic mass is 9.82. The molecule has 28 heteroatoms. The van der Waals surface area contributed by atoms with Crippen LogP contribution in [0.25, 0.3) is 5.57 Å². The summed E-state index contributed by atoms with van der Waals surface area (Å²) in [5.74, 6) is 0.660. The number of carbonyl (C=O) groups is 4. The molecule has 18 nitrogen and oxygen atoms in total. The number of likely N-dealkylation sites (tertiary alicyclic amines) is 1. The molecule has 3 aromatic rings. The summed E-state index contributed by atoms with van der Waals surface area (Å²) in [6.07, 6.45) is -11.3. The van der Waals surface area contributed by atoms with Crippen LogP contribution < -0.4 is 31.6 Å². The van der Waals surface area contributed by atoms with Crippen LogP contribution in [0, 0.1) is 39.7 Å². The van der Waals surface area contributed by atoms with E-state index in [-0.39, 0.29) is 5.56 Å². The van der Waals surface area contributed by atoms with Crippen molar-refractivity contribution in [1.29, 1.82) is 5.41 Å². The molecule has 0 aliphatic carbocycles. The molecule has 81 heavy (non-hydrogen) atoms. The molecular formula is C53H62F10N10O8. The van der Waals surface area contributed by atoms with Gasteiger partial charge in [0, 0.05) is 79.1 Å². The number of hydrogen-bond acceptors (Lipinski definition) is 14. The second-order valence-electron chi connectivity index (χ2n) is 20.7. The average Bonchev–Trinajstić information content (AvgIpc) is 3.73. The molecular weight excluding hydrogens is 1090 g/mol. The largest absolute Gasteiger partial charge is 0.453 e. The Labute approximate surface area is 459 Å². The standard InChI is InChI=1S/C53H62F10N10O8/c1-50(2,52(58,59)60)43(68-48(77)79-5)45(75)67-40(17-30-10-7-29(8-11-30)9-12-31-13-16-42(65-21-31)73-34-14-15-35(73)24-71(23-34)36-27-81-28-36)41(74)26-72(70-46(76)44(69-49(78)80-6)51(3,4)53(61,62)63)25-37-38(54)18-32(19-39(37)55)33(20-64)22-66-47(56)57/h7-8,10-11,13,16,18-22,34-36,40-41,43-44,47,64,66,74H,14-15,17,23-28H2,1-6H3,(H,67,75)(H,68,77)(H,69,78)(H,70,76)/b33-22+,64-20?/t34?,35?,40-,41-,43+,44+/m0/s1. The number of benzene rings is 2. The SMILES string of the molecule is COC(=O)N[C@H](C(=O)N[C@@H](Cc1ccc(C#Cc2ccc(N3C4CCC3CN(C3COC3)C4)nc2)cc1)[C@@H](O)CN(Cc1c(F)cc(/C(C=N)=C/NC(F)F)cc1F)NC(=O)[C@@H](NC(=O)OC)C(C)(C)C(F)(F)F)C(C)(C)C(F)(F)F. The van der Waals surface area contributed by atoms with E-state index in [0.29, 0.717) is 86.5 Å². The van der Waals surface area contributed by atoms with E-state index < -0.39 is 126 Å². The first-order valence-corrected chi connectivity index (χ1v) is 25.2. The number of rotatable bonds is 21. The van der Waals surface area contributed by atoms with Crippen LogP contribution in [0.15, 0.2) is 60.9 Å². The van der Waals surface area contributed by atoms with Crippen LogP contribution in [-0.2, 0) is 36.8 Å². The predicted molar refractivity (Wildman–Crippen MR) is 273 cm³/mol. The molecule has 1 aromatic heterocycles. The summed E-state index contributed by atoms with van der Waals surface area (Å²) in [6, 6.07) is 5.19. The number of aromatic nitrogens is 1. The third-order valence-corrected chi connectivity index (χ3v) is 14.6. The van der Waals surface area contributed by atoms with E-state index in [1.54, 1.807) is 16.8 Å². The number of pyridine rings is 1. The molecule has 2 aromatic carbocycles. The molecule has 6 atom stereocenters. The molecule has 3 saturated heterocycles. The van der Waals surface area contributed by atoms with E-state index in [1.807, 2.05) is 22.9 Å². The predicted octanol–water partition coefficient (Wildman–Crippen LogP) is 6.16. The van der Waals surface area contributed by atoms with Crippen molar-refractivity contribution in [3.05, 3.63) is 100 Å². The molecule has 4 amide bonds. The van der Waals surface area contributed by atoms with E-state index in [1.165, 1.54) is 24.3 Å². The lowest BCUT2D eigenvalue weighted by Gasteiger charge is -2.47. The average molecular weight is 1160 g/mol. The van der Waals surface area contributed by atoms with E-state index >= 15 is 8.78 Å². The quantitative estimate of drug-likeness (QED) is 0.0209. The lowest BCUT2D eigenvalue weighted by Crippen LogP contribution is -2.63. The van der Waals surface area contributed by atoms with Gasteiger partial charge in [-0.05, 0) is 94.5 Å². The van der Waals surface area contributed by atoms with Crippen molar-refractivity contribution < 1.29 is 82.4 Å². The second-order valence-corrected chi connectivity index (χ2v) is 20.7. The number of fused-ring (bicyclic) bond motifs is 2. The van der Waals surface area contributed by atoms with E-state index in [9.17, 15) is 59.4 Å². The monoisotopic (exact) mass is 1160 g/mol. The topological polar surface area (TPSA) is 223 Å². The summed E-state index contributed by atoms with van der Waals surface area (Å²) in [5.41, 5.74) is -4.77. The molecule has 3 aliphatic heterocycles. The number of alkyl carbamates (subject to hydrolysis) is 2. The number of carbonyl (C=O) groups excluding carboxylic acids is 4. The van der Waals surface area contributed by atoms with Gasteiger partial charge in [-0.25, -0.2) is 28.4 Å². The molecule has 442 valence electrons. The van der Waals surface area contributed by atoms with Gasteiger partial charge in [0.1, 0.15) is 29.5 Å². The minimum Gasteiger partial charge on any atom is -0.453 e. The molecule has 0 spiro atoms. The lowest BCUT2D eigenvalue weighted by molar-refractivity contribution is -0.221. The summed E-state index contributed by atoms with van der Waals surface area (Å²) in [5, 5.41) is 27.6. The fraction of sp³-hybridized carbons (Fsp3) is 0.509. The number of alkyl halides is 8. The minimum absolute atomic E-state index is 0.261. The van der Waals surface area contributed by atoms with Gasteiger partial charge in [-0.1, -0.05) is 24.0 Å². The Kier molecular flexibility index (Phi) is 20.3. The highest BCUT2D eigenvalue weighted by atomic mass is 19.4. The number of halogens is 10. The number of allylic oxidation sites excluding steroid dienone is 1. The molecule has 4 heterocycles. The Balaban J connectivity index is 1.32. The van der Waals surface area contributed by atoms with E-state index in [0.717, 1.165) is 59.2 Å². The summed E-state index contributed by atoms with van der Waals surface area (Å²) in [7, 11) is 1.59. The van der Waals surface area contributed by atoms with Gasteiger partial charge in [-0.15, -0.1) is 0 Å². The highest BCUT2D eigenvalue weighted by Crippen LogP contribution is 2.42. The number of aliphatic hydroxyl groups is 1. The third kappa shape index (κ3) is 15.4. The van der Waals surface area contributed by atoms with Crippen molar-refractivity contribution in [2.45, 2.75) is 115 Å². The van der Waals surface area contributed by atoms with Crippen molar-refractivity contribution in [3.63, 3.8) is 0 Å². The van der Waals surface area contributed by atoms with Crippen LogP contribution in [0.1, 0.15) is 68.4 Å². The number of piperazine rings is 1. The van der Waals surface area contributed by atoms with Crippen molar-refractivity contribution in [2.75, 3.05) is 52.0 Å². The van der Waals surface area contributed by atoms with Crippen LogP contribution in [0.2, 0.25) is 0 Å². The maximum absolute atomic E-state index is 16.0. The van der Waals surface area contributed by atoms with Gasteiger partial charge in [-0.2, -0.15) is 35.1 Å². The van der Waals surface area contributed by atoms with Gasteiger partial charge in [0.2, 0.25) is 5.91 Å². The number of amides is 4. The highest BCUT2D eigenvalue weighted by molar-refractivity contribution is 6.08. The maximum Gasteiger partial charge on any atom is 0.407 e. The first-order valence-electron chi connectivity index (χ1n) is 25.2. The van der Waals surface area contributed by atoms with Crippen LogP contribution in [0.5, 0.6) is 0 Å². The Hall–Kier alpha value is -7.22. The van der Waals surface area contributed by atoms with Crippen molar-refractivity contribution in [3.8, 4) is 11.8 Å². The summed E-state index contributed by atoms with van der Waals surface area (Å²) >= 11 is 0. The summed E-state index contributed by atoms with van der Waals surface area (Å²) in [4.78, 5) is 62.4. The van der Waals surface area contributed by atoms with Gasteiger partial charge in [0.15, 0.2) is 0 Å². The van der Waals surface area contributed by atoms with Crippen LogP contribution in [-0.4, -0.2) is 159 Å². The number of hydrazine groups is 1. The number of nitrogens with zero attached hydrogens (tertiary/aromatic N) is 4. The smallest absolute Gasteiger partial charge is 0.407 e. The molecule has 2 unspecified atom stereocenters. The van der Waals surface area contributed by atoms with E-state index in [2.05, 4.69) is 36.4 Å². The Morgan fingerprint density at radius 2 is 1.35 bits per heavy atom. The van der Waals surface area contributed by atoms with Gasteiger partial charge in [0.25, 0.3) is 5.91 Å². The fourth-order valence-corrected chi connectivity index (χ4v) is 9.35. The number of anilines is 1. The number of methoxy groups -OCH3 is 2. The Morgan fingerprint density at radius 3 is 1.81 bits per heavy atom. The van der Waals surface area contributed by atoms with Crippen LogP contribution >= 0.6 is 0 Å². The number of ether oxygens (including phenoxy) is 3. The number of nitrogens with one attached hydrogen (secondary N) is 6. The highest BCUT2D eigenvalue weighted by Gasteiger charge is 2.57. The number of hydrogen-bond donors (Lipinski definition) is 7. The zero-order chi connectivity index (χ0) is 59.8. The normalized spacial score (nSPS) is 18.6. The first-order chi connectivity index (χ1) is 38.0. The minimum atomic E-state index is -5.24. The summed E-state index contributed by atoms with van der Waals surface area (Å²) < 4.78 is 159. The molecule has 3 fully saturated rings. The molecule has 2 bridgehead atoms. The zero-order valence-electron chi connectivity index (χ0n) is 44.7. The van der Waals surface area contributed by atoms with Crippen molar-refractivity contribution in [1.82, 2.24) is 41.6 Å². The van der Waals surface area contributed by atoms with Crippen molar-refractivity contribution >= 4 is 41.6 Å². The van der Waals surface area contributed by atoms with Gasteiger partial charge in [0.05, 0.1) is 56.5 Å². The van der Waals surface area contributed by atoms with Gasteiger partial charge >= 0.3 is 31.1 Å². The van der Waals surface area contributed by atoms with Gasteiger partial charge in [-0.3, -0.25) is 19.9 Å². The zero-order valence-corrected chi connectivity index (χ0v) is 44.7. The van der Waals surface area contributed by atoms with Crippen LogP contribution in [0.4, 0.5) is 59.3 Å². The molecule has 7 N–H and O–H groups in total. The second kappa shape index (κ2) is 26.1. The molecule has 0 radical (unpaired) electrons. The first kappa shape index (κ1) is 63.0. The Morgan fingerprint density at radius 1 is 0.815 bits per heavy atom.